The number of hydrogen-bond acceptors (Lipinski definition) is 6. The van der Waals surface area contributed by atoms with Gasteiger partial charge >= 0.3 is 6.09 Å². The Balaban J connectivity index is 1.64. The van der Waals surface area contributed by atoms with Crippen molar-refractivity contribution in [1.82, 2.24) is 4.98 Å². The van der Waals surface area contributed by atoms with Crippen LogP contribution in [-0.4, -0.2) is 31.4 Å². The number of benzene rings is 4. The van der Waals surface area contributed by atoms with Gasteiger partial charge in [-0.1, -0.05) is 30.3 Å². The van der Waals surface area contributed by atoms with Gasteiger partial charge in [0.15, 0.2) is 6.10 Å². The highest BCUT2D eigenvalue weighted by Gasteiger charge is 2.28. The minimum absolute atomic E-state index is 0.632. The van der Waals surface area contributed by atoms with Gasteiger partial charge < -0.3 is 20.4 Å². The number of hydrogen-bond donors (Lipinski definition) is 2. The van der Waals surface area contributed by atoms with Gasteiger partial charge in [-0.05, 0) is 35.9 Å². The normalized spacial score (nSPS) is 14.3. The molecule has 7 rings (SSSR count). The standard InChI is InChI=1S/C29H22N6O2/c1-35(2)16-9-7-15(8-10-16)28(37-29(30)36)27-25-20(13-31-27)23-18(11-12-22-19(23)14-32-34-22)26-24(25)17-5-3-4-6-21(17)33-26/h3-14,28,33H,1-2H3,(H2,30,36). The van der Waals surface area contributed by atoms with E-state index in [1.807, 2.05) is 67.7 Å². The molecular formula is C29H22N6O2. The molecule has 2 aliphatic rings. The average molecular weight is 487 g/mol. The van der Waals surface area contributed by atoms with Crippen LogP contribution in [0.5, 0.6) is 0 Å². The summed E-state index contributed by atoms with van der Waals surface area (Å²) in [6, 6.07) is 20.1. The Kier molecular flexibility index (Phi) is 4.47. The maximum absolute atomic E-state index is 12.1. The Morgan fingerprint density at radius 2 is 1.81 bits per heavy atom. The van der Waals surface area contributed by atoms with Gasteiger partial charge in [-0.15, -0.1) is 0 Å². The molecule has 2 aliphatic heterocycles. The predicted molar refractivity (Wildman–Crippen MR) is 147 cm³/mol. The zero-order chi connectivity index (χ0) is 25.3. The number of azo groups is 1. The van der Waals surface area contributed by atoms with Crippen LogP contribution in [0.25, 0.3) is 44.5 Å². The fourth-order valence-corrected chi connectivity index (χ4v) is 5.47. The molecule has 1 aromatic heterocycles. The van der Waals surface area contributed by atoms with E-state index < -0.39 is 12.2 Å². The average Bonchev–Trinajstić information content (AvgIpc) is 3.63. The zero-order valence-corrected chi connectivity index (χ0v) is 20.2. The first-order valence-corrected chi connectivity index (χ1v) is 11.9. The molecule has 3 heterocycles. The van der Waals surface area contributed by atoms with Crippen LogP contribution in [0.3, 0.4) is 0 Å². The first-order valence-electron chi connectivity index (χ1n) is 11.9. The molecule has 1 amide bonds. The summed E-state index contributed by atoms with van der Waals surface area (Å²) < 4.78 is 5.74. The molecule has 1 unspecified atom stereocenters. The van der Waals surface area contributed by atoms with Crippen LogP contribution in [0.4, 0.5) is 16.2 Å². The fraction of sp³-hybridized carbons (Fsp3) is 0.103. The van der Waals surface area contributed by atoms with E-state index in [1.165, 1.54) is 0 Å². The van der Waals surface area contributed by atoms with Crippen LogP contribution >= 0.6 is 0 Å². The summed E-state index contributed by atoms with van der Waals surface area (Å²) >= 11 is 0. The maximum Gasteiger partial charge on any atom is 0.405 e. The summed E-state index contributed by atoms with van der Waals surface area (Å²) in [4.78, 5) is 22.6. The van der Waals surface area contributed by atoms with Gasteiger partial charge in [0.25, 0.3) is 0 Å². The molecule has 5 aromatic rings. The number of nitrogens with zero attached hydrogens (tertiary/aromatic N) is 4. The number of aliphatic imine (C=N–C) groups is 1. The summed E-state index contributed by atoms with van der Waals surface area (Å²) in [6.45, 7) is 0. The van der Waals surface area contributed by atoms with Crippen molar-refractivity contribution in [2.24, 2.45) is 21.0 Å². The molecule has 0 aliphatic carbocycles. The number of ether oxygens (including phenoxy) is 1. The first kappa shape index (κ1) is 21.3. The zero-order valence-electron chi connectivity index (χ0n) is 20.2. The number of primary amides is 1. The summed E-state index contributed by atoms with van der Waals surface area (Å²) in [6.07, 6.45) is 2.00. The van der Waals surface area contributed by atoms with Crippen LogP contribution in [0.1, 0.15) is 17.2 Å². The van der Waals surface area contributed by atoms with Gasteiger partial charge in [0, 0.05) is 69.1 Å². The lowest BCUT2D eigenvalue weighted by molar-refractivity contribution is 0.133. The summed E-state index contributed by atoms with van der Waals surface area (Å²) in [5, 5.41) is 14.5. The first-order chi connectivity index (χ1) is 18.0. The second kappa shape index (κ2) is 7.76. The SMILES string of the molecule is CN(C)c1ccc(C(OC(N)=O)C2=c3c(c4c5c(ccc4c4[nH]c6ccccc6c34)N=NC=5)C=N2)cc1. The third-order valence-corrected chi connectivity index (χ3v) is 7.12. The smallest absolute Gasteiger partial charge is 0.405 e. The Morgan fingerprint density at radius 3 is 2.59 bits per heavy atom. The minimum atomic E-state index is -0.861. The number of aromatic amines is 1. The Labute approximate surface area is 211 Å². The molecule has 1 atom stereocenters. The van der Waals surface area contributed by atoms with Gasteiger partial charge in [-0.2, -0.15) is 10.2 Å². The lowest BCUT2D eigenvalue weighted by Gasteiger charge is -2.19. The monoisotopic (exact) mass is 486 g/mol. The molecule has 0 fully saturated rings. The van der Waals surface area contributed by atoms with Gasteiger partial charge in [0.2, 0.25) is 0 Å². The number of nitrogens with one attached hydrogen (secondary N) is 1. The molecular weight excluding hydrogens is 464 g/mol. The number of carbonyl (C=O) groups is 1. The van der Waals surface area contributed by atoms with Crippen LogP contribution in [-0.2, 0) is 4.74 Å². The highest BCUT2D eigenvalue weighted by Crippen LogP contribution is 2.36. The molecule has 180 valence electrons. The quantitative estimate of drug-likeness (QED) is 0.383. The van der Waals surface area contributed by atoms with E-state index in [0.29, 0.717) is 5.70 Å². The predicted octanol–water partition coefficient (Wildman–Crippen LogP) is 4.75. The number of H-pyrrole nitrogens is 1. The third kappa shape index (κ3) is 3.09. The van der Waals surface area contributed by atoms with Crippen LogP contribution < -0.4 is 21.1 Å². The van der Waals surface area contributed by atoms with E-state index in [4.69, 9.17) is 15.5 Å². The molecule has 3 N–H and O–H groups in total. The fourth-order valence-electron chi connectivity index (χ4n) is 5.47. The van der Waals surface area contributed by atoms with Crippen molar-refractivity contribution < 1.29 is 9.53 Å². The summed E-state index contributed by atoms with van der Waals surface area (Å²) in [5.41, 5.74) is 11.8. The van der Waals surface area contributed by atoms with E-state index in [0.717, 1.165) is 65.5 Å². The number of rotatable bonds is 4. The largest absolute Gasteiger partial charge is 0.435 e. The highest BCUT2D eigenvalue weighted by molar-refractivity contribution is 6.23. The van der Waals surface area contributed by atoms with Crippen LogP contribution in [0.15, 0.2) is 75.9 Å². The molecule has 0 saturated carbocycles. The Bertz CT molecular complexity index is 1970. The van der Waals surface area contributed by atoms with E-state index in [1.54, 1.807) is 6.20 Å². The topological polar surface area (TPSA) is 108 Å². The third-order valence-electron chi connectivity index (χ3n) is 7.12. The number of anilines is 1. The van der Waals surface area contributed by atoms with E-state index in [9.17, 15) is 4.79 Å². The van der Waals surface area contributed by atoms with E-state index in [2.05, 4.69) is 33.4 Å². The number of para-hydroxylation sites is 1. The number of aromatic nitrogens is 1. The Hall–Kier alpha value is -4.98. The van der Waals surface area contributed by atoms with Crippen molar-refractivity contribution in [3.8, 4) is 0 Å². The number of amides is 1. The van der Waals surface area contributed by atoms with Crippen molar-refractivity contribution >= 4 is 68.2 Å². The molecule has 8 nitrogen and oxygen atoms in total. The second-order valence-electron chi connectivity index (χ2n) is 9.42. The molecule has 0 radical (unpaired) electrons. The van der Waals surface area contributed by atoms with Crippen molar-refractivity contribution in [2.75, 3.05) is 19.0 Å². The molecule has 8 heteroatoms. The van der Waals surface area contributed by atoms with Crippen LogP contribution in [0.2, 0.25) is 0 Å². The van der Waals surface area contributed by atoms with E-state index in [-0.39, 0.29) is 0 Å². The van der Waals surface area contributed by atoms with Gasteiger partial charge in [-0.3, -0.25) is 4.99 Å². The number of nitrogens with two attached hydrogens (primary N) is 1. The molecule has 0 spiro atoms. The minimum Gasteiger partial charge on any atom is -0.435 e. The van der Waals surface area contributed by atoms with Crippen molar-refractivity contribution in [3.63, 3.8) is 0 Å². The van der Waals surface area contributed by atoms with Crippen LogP contribution in [0, 0.1) is 0 Å². The van der Waals surface area contributed by atoms with Crippen molar-refractivity contribution in [2.45, 2.75) is 6.10 Å². The van der Waals surface area contributed by atoms with Gasteiger partial charge in [0.1, 0.15) is 0 Å². The van der Waals surface area contributed by atoms with Gasteiger partial charge in [-0.25, -0.2) is 4.79 Å². The number of fused-ring (bicyclic) bond motifs is 10. The second-order valence-corrected chi connectivity index (χ2v) is 9.42. The van der Waals surface area contributed by atoms with Crippen molar-refractivity contribution in [3.05, 3.63) is 82.2 Å². The molecule has 37 heavy (non-hydrogen) atoms. The maximum atomic E-state index is 12.1. The highest BCUT2D eigenvalue weighted by atomic mass is 16.6. The molecule has 0 saturated heterocycles. The lowest BCUT2D eigenvalue weighted by atomic mass is 9.94. The number of carbonyl (C=O) groups excluding carboxylic acids is 1. The van der Waals surface area contributed by atoms with E-state index >= 15 is 0 Å². The Morgan fingerprint density at radius 1 is 1.00 bits per heavy atom. The molecule has 0 bridgehead atoms. The van der Waals surface area contributed by atoms with Crippen molar-refractivity contribution in [1.29, 1.82) is 0 Å². The lowest BCUT2D eigenvalue weighted by Crippen LogP contribution is -2.22. The summed E-state index contributed by atoms with van der Waals surface area (Å²) in [5.74, 6) is 0. The van der Waals surface area contributed by atoms with Gasteiger partial charge in [0.05, 0.1) is 23.1 Å². The molecule has 4 aromatic carbocycles. The summed E-state index contributed by atoms with van der Waals surface area (Å²) in [7, 11) is 3.96.